The van der Waals surface area contributed by atoms with Crippen LogP contribution in [-0.4, -0.2) is 10.1 Å². The fraction of sp³-hybridized carbons (Fsp3) is 0.0667. The Morgan fingerprint density at radius 3 is 2.67 bits per heavy atom. The number of fused-ring (bicyclic) bond motifs is 2. The molecular formula is C15H10N2S. The minimum absolute atomic E-state index is 0.856. The second-order valence-electron chi connectivity index (χ2n) is 4.20. The molecule has 1 heterocycles. The lowest BCUT2D eigenvalue weighted by molar-refractivity contribution is 1.44. The molecule has 18 heavy (non-hydrogen) atoms. The topological polar surface area (TPSA) is 25.2 Å². The van der Waals surface area contributed by atoms with E-state index >= 15 is 0 Å². The van der Waals surface area contributed by atoms with Crippen molar-refractivity contribution in [1.29, 1.82) is 0 Å². The summed E-state index contributed by atoms with van der Waals surface area (Å²) in [5, 5.41) is 4.50. The van der Waals surface area contributed by atoms with Gasteiger partial charge in [0.25, 0.3) is 0 Å². The van der Waals surface area contributed by atoms with Crippen molar-refractivity contribution in [3.63, 3.8) is 0 Å². The van der Waals surface area contributed by atoms with Gasteiger partial charge in [-0.1, -0.05) is 29.8 Å². The smallest absolute Gasteiger partial charge is 0.0927 e. The SMILES string of the molecule is Cc1ccc2nc3ccccc3c(N=C=S)c2c1. The van der Waals surface area contributed by atoms with Gasteiger partial charge < -0.3 is 0 Å². The van der Waals surface area contributed by atoms with E-state index in [-0.39, 0.29) is 0 Å². The fourth-order valence-electron chi connectivity index (χ4n) is 2.15. The number of benzene rings is 2. The Hall–Kier alpha value is -2.09. The van der Waals surface area contributed by atoms with Crippen LogP contribution in [-0.2, 0) is 0 Å². The Balaban J connectivity index is 2.59. The van der Waals surface area contributed by atoms with Crippen molar-refractivity contribution in [1.82, 2.24) is 4.98 Å². The Morgan fingerprint density at radius 2 is 1.83 bits per heavy atom. The number of thiocarbonyl (C=S) groups is 1. The van der Waals surface area contributed by atoms with Gasteiger partial charge in [-0.25, -0.2) is 4.98 Å². The molecule has 1 aromatic heterocycles. The van der Waals surface area contributed by atoms with Crippen LogP contribution >= 0.6 is 12.2 Å². The third kappa shape index (κ3) is 1.70. The highest BCUT2D eigenvalue weighted by molar-refractivity contribution is 7.78. The fourth-order valence-corrected chi connectivity index (χ4v) is 2.24. The van der Waals surface area contributed by atoms with Gasteiger partial charge in [0, 0.05) is 10.8 Å². The lowest BCUT2D eigenvalue weighted by Crippen LogP contribution is -1.85. The molecule has 86 valence electrons. The molecule has 0 radical (unpaired) electrons. The summed E-state index contributed by atoms with van der Waals surface area (Å²) in [5.74, 6) is 0. The monoisotopic (exact) mass is 250 g/mol. The van der Waals surface area contributed by atoms with Gasteiger partial charge in [0.2, 0.25) is 0 Å². The predicted molar refractivity (Wildman–Crippen MR) is 78.7 cm³/mol. The summed E-state index contributed by atoms with van der Waals surface area (Å²) < 4.78 is 0. The Bertz CT molecular complexity index is 802. The molecule has 0 saturated carbocycles. The number of hydrogen-bond donors (Lipinski definition) is 0. The second-order valence-corrected chi connectivity index (χ2v) is 4.38. The van der Waals surface area contributed by atoms with Crippen molar-refractivity contribution < 1.29 is 0 Å². The first-order valence-corrected chi connectivity index (χ1v) is 6.07. The standard InChI is InChI=1S/C15H10N2S/c1-10-6-7-14-12(8-10)15(16-9-18)11-4-2-3-5-13(11)17-14/h2-8H,1H3. The molecule has 2 aromatic carbocycles. The maximum Gasteiger partial charge on any atom is 0.0927 e. The Morgan fingerprint density at radius 1 is 1.06 bits per heavy atom. The lowest BCUT2D eigenvalue weighted by atomic mass is 10.1. The minimum atomic E-state index is 0.856. The maximum absolute atomic E-state index is 4.76. The quantitative estimate of drug-likeness (QED) is 0.362. The van der Waals surface area contributed by atoms with E-state index in [2.05, 4.69) is 34.2 Å². The number of hydrogen-bond acceptors (Lipinski definition) is 3. The van der Waals surface area contributed by atoms with Gasteiger partial charge in [-0.15, -0.1) is 0 Å². The number of pyridine rings is 1. The van der Waals surface area contributed by atoms with E-state index in [1.165, 1.54) is 5.56 Å². The Labute approximate surface area is 110 Å². The first-order chi connectivity index (χ1) is 8.79. The molecule has 0 amide bonds. The van der Waals surface area contributed by atoms with Crippen LogP contribution in [0.4, 0.5) is 5.69 Å². The van der Waals surface area contributed by atoms with E-state index in [9.17, 15) is 0 Å². The van der Waals surface area contributed by atoms with Gasteiger partial charge in [0.05, 0.1) is 21.9 Å². The zero-order valence-corrected chi connectivity index (χ0v) is 10.7. The predicted octanol–water partition coefficient (Wildman–Crippen LogP) is 4.43. The Kier molecular flexibility index (Phi) is 2.63. The molecule has 0 saturated heterocycles. The summed E-state index contributed by atoms with van der Waals surface area (Å²) in [4.78, 5) is 8.87. The molecule has 0 aliphatic heterocycles. The highest BCUT2D eigenvalue weighted by Crippen LogP contribution is 2.33. The zero-order valence-electron chi connectivity index (χ0n) is 9.84. The van der Waals surface area contributed by atoms with Crippen LogP contribution in [0, 0.1) is 6.92 Å². The van der Waals surface area contributed by atoms with Gasteiger partial charge in [0.1, 0.15) is 0 Å². The highest BCUT2D eigenvalue weighted by atomic mass is 32.1. The third-order valence-corrected chi connectivity index (χ3v) is 3.06. The molecule has 2 nitrogen and oxygen atoms in total. The highest BCUT2D eigenvalue weighted by Gasteiger charge is 2.07. The van der Waals surface area contributed by atoms with E-state index < -0.39 is 0 Å². The van der Waals surface area contributed by atoms with Crippen LogP contribution in [0.2, 0.25) is 0 Å². The molecular weight excluding hydrogens is 240 g/mol. The average Bonchev–Trinajstić information content (AvgIpc) is 2.39. The van der Waals surface area contributed by atoms with Crippen molar-refractivity contribution >= 4 is 44.9 Å². The van der Waals surface area contributed by atoms with E-state index in [1.807, 2.05) is 30.3 Å². The average molecular weight is 250 g/mol. The van der Waals surface area contributed by atoms with Crippen molar-refractivity contribution in [3.05, 3.63) is 48.0 Å². The van der Waals surface area contributed by atoms with Crippen molar-refractivity contribution in [2.24, 2.45) is 4.99 Å². The summed E-state index contributed by atoms with van der Waals surface area (Å²) in [6.07, 6.45) is 0. The molecule has 0 aliphatic rings. The van der Waals surface area contributed by atoms with Crippen LogP contribution in [0.5, 0.6) is 0 Å². The van der Waals surface area contributed by atoms with Crippen molar-refractivity contribution in [2.75, 3.05) is 0 Å². The van der Waals surface area contributed by atoms with Crippen LogP contribution in [0.3, 0.4) is 0 Å². The molecule has 3 rings (SSSR count). The summed E-state index contributed by atoms with van der Waals surface area (Å²) in [6.45, 7) is 2.06. The van der Waals surface area contributed by atoms with Gasteiger partial charge in [-0.2, -0.15) is 4.99 Å². The largest absolute Gasteiger partial charge is 0.248 e. The molecule has 0 fully saturated rings. The third-order valence-electron chi connectivity index (χ3n) is 2.96. The molecule has 3 aromatic rings. The summed E-state index contributed by atoms with van der Waals surface area (Å²) in [6, 6.07) is 14.1. The summed E-state index contributed by atoms with van der Waals surface area (Å²) in [5.41, 5.74) is 3.90. The maximum atomic E-state index is 4.76. The number of aromatic nitrogens is 1. The molecule has 0 atom stereocenters. The number of aliphatic imine (C=N–C) groups is 1. The van der Waals surface area contributed by atoms with Gasteiger partial charge in [0.15, 0.2) is 0 Å². The van der Waals surface area contributed by atoms with Crippen molar-refractivity contribution in [3.8, 4) is 0 Å². The molecule has 0 spiro atoms. The van der Waals surface area contributed by atoms with Gasteiger partial charge in [-0.3, -0.25) is 0 Å². The number of nitrogens with zero attached hydrogens (tertiary/aromatic N) is 2. The van der Waals surface area contributed by atoms with Crippen LogP contribution < -0.4 is 0 Å². The lowest BCUT2D eigenvalue weighted by Gasteiger charge is -2.06. The summed E-state index contributed by atoms with van der Waals surface area (Å²) in [7, 11) is 0. The molecule has 0 N–H and O–H groups in total. The molecule has 0 unspecified atom stereocenters. The number of para-hydroxylation sites is 1. The van der Waals surface area contributed by atoms with Gasteiger partial charge in [-0.05, 0) is 37.3 Å². The van der Waals surface area contributed by atoms with Gasteiger partial charge >= 0.3 is 0 Å². The van der Waals surface area contributed by atoms with E-state index in [0.29, 0.717) is 0 Å². The van der Waals surface area contributed by atoms with E-state index in [4.69, 9.17) is 12.2 Å². The first kappa shape index (κ1) is 11.0. The van der Waals surface area contributed by atoms with Crippen LogP contribution in [0.15, 0.2) is 47.5 Å². The zero-order chi connectivity index (χ0) is 12.5. The van der Waals surface area contributed by atoms with E-state index in [1.54, 1.807) is 0 Å². The number of rotatable bonds is 1. The van der Waals surface area contributed by atoms with Crippen LogP contribution in [0.25, 0.3) is 21.8 Å². The van der Waals surface area contributed by atoms with E-state index in [0.717, 1.165) is 27.5 Å². The number of aryl methyl sites for hydroxylation is 1. The number of isothiocyanates is 1. The molecule has 3 heteroatoms. The normalized spacial score (nSPS) is 10.5. The van der Waals surface area contributed by atoms with Crippen molar-refractivity contribution in [2.45, 2.75) is 6.92 Å². The molecule has 0 bridgehead atoms. The second kappa shape index (κ2) is 4.30. The van der Waals surface area contributed by atoms with Crippen LogP contribution in [0.1, 0.15) is 5.56 Å². The summed E-state index contributed by atoms with van der Waals surface area (Å²) >= 11 is 4.76. The minimum Gasteiger partial charge on any atom is -0.248 e. The molecule has 0 aliphatic carbocycles. The first-order valence-electron chi connectivity index (χ1n) is 5.66.